The Morgan fingerprint density at radius 2 is 1.85 bits per heavy atom. The maximum atomic E-state index is 3.03. The molecule has 3 aromatic rings. The molecular weight excluding hydrogens is 160 g/mol. The number of benzene rings is 2. The van der Waals surface area contributed by atoms with E-state index in [9.17, 15) is 0 Å². The predicted molar refractivity (Wildman–Crippen MR) is 51.2 cm³/mol. The van der Waals surface area contributed by atoms with E-state index < -0.39 is 0 Å². The third-order valence-corrected chi connectivity index (χ3v) is 2.28. The number of rotatable bonds is 0. The summed E-state index contributed by atoms with van der Waals surface area (Å²) in [4.78, 5) is 6.06. The molecule has 0 aliphatic carbocycles. The highest BCUT2D eigenvalue weighted by atomic mass is 14.9. The van der Waals surface area contributed by atoms with Crippen molar-refractivity contribution in [3.63, 3.8) is 0 Å². The fourth-order valence-electron chi connectivity index (χ4n) is 1.61. The van der Waals surface area contributed by atoms with Gasteiger partial charge in [-0.15, -0.1) is 0 Å². The molecule has 62 valence electrons. The number of aromatic amines is 2. The van der Waals surface area contributed by atoms with Crippen molar-refractivity contribution >= 4 is 21.8 Å². The molecule has 2 heteroatoms. The molecule has 0 radical (unpaired) electrons. The zero-order chi connectivity index (χ0) is 8.67. The van der Waals surface area contributed by atoms with Gasteiger partial charge in [0.25, 0.3) is 0 Å². The van der Waals surface area contributed by atoms with E-state index in [2.05, 4.69) is 40.6 Å². The van der Waals surface area contributed by atoms with E-state index in [1.807, 2.05) is 12.1 Å². The Hall–Kier alpha value is -1.83. The molecule has 3 rings (SSSR count). The number of H-pyrrole nitrogens is 2. The van der Waals surface area contributed by atoms with E-state index in [0.717, 1.165) is 11.0 Å². The maximum absolute atomic E-state index is 3.03. The first-order valence-corrected chi connectivity index (χ1v) is 4.23. The van der Waals surface area contributed by atoms with Crippen LogP contribution < -0.4 is 4.98 Å². The van der Waals surface area contributed by atoms with Gasteiger partial charge >= 0.3 is 0 Å². The van der Waals surface area contributed by atoms with Crippen LogP contribution in [0, 0.1) is 6.33 Å². The molecule has 0 aliphatic heterocycles. The Balaban J connectivity index is 2.57. The molecule has 0 saturated carbocycles. The SMILES string of the molecule is [c-]1[nH]c2cc3ccccc3cc2[nH+]1. The standard InChI is InChI=1S/C11H8N2/c1-2-4-9-6-11-10(12-7-13-11)5-8(9)3-1/h1-6,12-13H. The Labute approximate surface area is 75.2 Å². The highest BCUT2D eigenvalue weighted by Gasteiger charge is 1.94. The molecular formula is C11H8N2. The van der Waals surface area contributed by atoms with Crippen LogP contribution in [0.25, 0.3) is 21.8 Å². The highest BCUT2D eigenvalue weighted by Crippen LogP contribution is 2.17. The van der Waals surface area contributed by atoms with Gasteiger partial charge in [0.15, 0.2) is 0 Å². The fourth-order valence-corrected chi connectivity index (χ4v) is 1.61. The van der Waals surface area contributed by atoms with E-state index in [4.69, 9.17) is 0 Å². The average molecular weight is 168 g/mol. The molecule has 0 spiro atoms. The Kier molecular flexibility index (Phi) is 1.19. The third kappa shape index (κ3) is 0.920. The monoisotopic (exact) mass is 168 g/mol. The lowest BCUT2D eigenvalue weighted by Gasteiger charge is -1.98. The number of nitrogens with one attached hydrogen (secondary N) is 2. The van der Waals surface area contributed by atoms with E-state index >= 15 is 0 Å². The van der Waals surface area contributed by atoms with Gasteiger partial charge in [-0.3, -0.25) is 0 Å². The first-order valence-electron chi connectivity index (χ1n) is 4.23. The molecule has 1 aromatic heterocycles. The topological polar surface area (TPSA) is 29.9 Å². The van der Waals surface area contributed by atoms with Gasteiger partial charge in [0, 0.05) is 11.0 Å². The van der Waals surface area contributed by atoms with Crippen molar-refractivity contribution in [3.05, 3.63) is 42.7 Å². The summed E-state index contributed by atoms with van der Waals surface area (Å²) in [6.45, 7) is 0. The van der Waals surface area contributed by atoms with Crippen molar-refractivity contribution in [2.75, 3.05) is 0 Å². The van der Waals surface area contributed by atoms with Crippen LogP contribution in [0.1, 0.15) is 0 Å². The van der Waals surface area contributed by atoms with Crippen LogP contribution in [0.5, 0.6) is 0 Å². The number of hydrogen-bond acceptors (Lipinski definition) is 0. The maximum Gasteiger partial charge on any atom is 0.200 e. The molecule has 0 amide bonds. The first-order chi connectivity index (χ1) is 6.43. The second kappa shape index (κ2) is 2.33. The normalized spacial score (nSPS) is 11.1. The Morgan fingerprint density at radius 1 is 1.08 bits per heavy atom. The minimum absolute atomic E-state index is 1.10. The summed E-state index contributed by atoms with van der Waals surface area (Å²) < 4.78 is 0. The lowest BCUT2D eigenvalue weighted by molar-refractivity contribution is -0.349. The summed E-state index contributed by atoms with van der Waals surface area (Å²) in [5, 5.41) is 2.50. The lowest BCUT2D eigenvalue weighted by Crippen LogP contribution is -1.94. The van der Waals surface area contributed by atoms with E-state index in [1.165, 1.54) is 10.8 Å². The number of imidazole rings is 1. The van der Waals surface area contributed by atoms with Gasteiger partial charge in [-0.2, -0.15) is 0 Å². The van der Waals surface area contributed by atoms with Crippen LogP contribution in [0.2, 0.25) is 0 Å². The smallest absolute Gasteiger partial charge is 0.200 e. The summed E-state index contributed by atoms with van der Waals surface area (Å²) in [5.74, 6) is 0. The molecule has 2 aromatic carbocycles. The minimum atomic E-state index is 1.10. The second-order valence-corrected chi connectivity index (χ2v) is 3.12. The molecule has 0 unspecified atom stereocenters. The Morgan fingerprint density at radius 3 is 2.69 bits per heavy atom. The summed E-state index contributed by atoms with van der Waals surface area (Å²) >= 11 is 0. The van der Waals surface area contributed by atoms with Crippen molar-refractivity contribution in [2.24, 2.45) is 0 Å². The van der Waals surface area contributed by atoms with Crippen LogP contribution in [0.15, 0.2) is 36.4 Å². The molecule has 1 heterocycles. The molecule has 2 nitrogen and oxygen atoms in total. The fraction of sp³-hybridized carbons (Fsp3) is 0. The number of hydrogen-bond donors (Lipinski definition) is 1. The van der Waals surface area contributed by atoms with Gasteiger partial charge in [-0.25, -0.2) is 0 Å². The van der Waals surface area contributed by atoms with Gasteiger partial charge in [0.2, 0.25) is 6.33 Å². The van der Waals surface area contributed by atoms with Gasteiger partial charge in [-0.1, -0.05) is 36.4 Å². The first kappa shape index (κ1) is 6.66. The van der Waals surface area contributed by atoms with Gasteiger partial charge in [0.1, 0.15) is 0 Å². The van der Waals surface area contributed by atoms with E-state index in [1.54, 1.807) is 0 Å². The zero-order valence-electron chi connectivity index (χ0n) is 6.96. The number of fused-ring (bicyclic) bond motifs is 2. The molecule has 0 fully saturated rings. The summed E-state index contributed by atoms with van der Waals surface area (Å²) in [7, 11) is 0. The summed E-state index contributed by atoms with van der Waals surface area (Å²) in [6.07, 6.45) is 2.86. The molecule has 13 heavy (non-hydrogen) atoms. The van der Waals surface area contributed by atoms with Crippen LogP contribution in [0.3, 0.4) is 0 Å². The quantitative estimate of drug-likeness (QED) is 0.497. The van der Waals surface area contributed by atoms with Gasteiger partial charge in [-0.05, 0) is 10.8 Å². The number of aromatic nitrogens is 2. The zero-order valence-corrected chi connectivity index (χ0v) is 6.96. The van der Waals surface area contributed by atoms with Crippen LogP contribution in [-0.2, 0) is 0 Å². The minimum Gasteiger partial charge on any atom is -0.357 e. The van der Waals surface area contributed by atoms with Gasteiger partial charge in [0.05, 0.1) is 0 Å². The average Bonchev–Trinajstić information content (AvgIpc) is 2.61. The van der Waals surface area contributed by atoms with Crippen LogP contribution in [0.4, 0.5) is 0 Å². The molecule has 0 aliphatic rings. The molecule has 0 saturated heterocycles. The highest BCUT2D eigenvalue weighted by molar-refractivity contribution is 5.93. The third-order valence-electron chi connectivity index (χ3n) is 2.28. The molecule has 0 atom stereocenters. The van der Waals surface area contributed by atoms with Crippen LogP contribution in [-0.4, -0.2) is 4.98 Å². The van der Waals surface area contributed by atoms with E-state index in [-0.39, 0.29) is 0 Å². The molecule has 0 bridgehead atoms. The lowest BCUT2D eigenvalue weighted by atomic mass is 10.1. The van der Waals surface area contributed by atoms with Crippen molar-refractivity contribution < 1.29 is 4.98 Å². The summed E-state index contributed by atoms with van der Waals surface area (Å²) in [6, 6.07) is 12.6. The van der Waals surface area contributed by atoms with Crippen molar-refractivity contribution in [2.45, 2.75) is 0 Å². The molecule has 2 N–H and O–H groups in total. The predicted octanol–water partition coefficient (Wildman–Crippen LogP) is 1.94. The van der Waals surface area contributed by atoms with Crippen molar-refractivity contribution in [1.82, 2.24) is 4.98 Å². The largest absolute Gasteiger partial charge is 0.357 e. The van der Waals surface area contributed by atoms with E-state index in [0.29, 0.717) is 0 Å². The summed E-state index contributed by atoms with van der Waals surface area (Å²) in [5.41, 5.74) is 2.19. The Bertz CT molecular complexity index is 517. The second-order valence-electron chi connectivity index (χ2n) is 3.12. The van der Waals surface area contributed by atoms with Gasteiger partial charge < -0.3 is 9.97 Å². The van der Waals surface area contributed by atoms with Crippen LogP contribution >= 0.6 is 0 Å². The van der Waals surface area contributed by atoms with Crippen molar-refractivity contribution in [3.8, 4) is 0 Å². The van der Waals surface area contributed by atoms with Crippen molar-refractivity contribution in [1.29, 1.82) is 0 Å².